The molecule has 0 aliphatic rings. The predicted molar refractivity (Wildman–Crippen MR) is 91.6 cm³/mol. The van der Waals surface area contributed by atoms with Gasteiger partial charge < -0.3 is 10.6 Å². The maximum absolute atomic E-state index is 11.9. The Morgan fingerprint density at radius 2 is 1.58 bits per heavy atom. The summed E-state index contributed by atoms with van der Waals surface area (Å²) in [5.41, 5.74) is 0.414. The number of hydrogen-bond donors (Lipinski definition) is 2. The van der Waals surface area contributed by atoms with Gasteiger partial charge in [-0.3, -0.25) is 9.59 Å². The van der Waals surface area contributed by atoms with Gasteiger partial charge in [-0.15, -0.1) is 0 Å². The highest BCUT2D eigenvalue weighted by Crippen LogP contribution is 2.13. The normalized spacial score (nSPS) is 10.9. The van der Waals surface area contributed by atoms with Crippen molar-refractivity contribution in [2.24, 2.45) is 0 Å². The number of amides is 2. The largest absolute Gasteiger partial charge is 0.325 e. The van der Waals surface area contributed by atoms with Crippen LogP contribution in [0.15, 0.2) is 48.7 Å². The summed E-state index contributed by atoms with van der Waals surface area (Å²) >= 11 is 5.72. The van der Waals surface area contributed by atoms with Crippen LogP contribution in [-0.4, -0.2) is 36.7 Å². The molecule has 2 amide bonds. The average Bonchev–Trinajstić information content (AvgIpc) is 2.49. The summed E-state index contributed by atoms with van der Waals surface area (Å²) < 4.78 is 23.8. The molecule has 126 valence electrons. The maximum Gasteiger partial charge on any atom is 0.240 e. The molecular weight excluding hydrogens is 354 g/mol. The Bertz CT molecular complexity index is 824. The molecule has 0 atom stereocenters. The molecule has 0 spiro atoms. The van der Waals surface area contributed by atoms with Gasteiger partial charge in [-0.2, -0.15) is 0 Å². The van der Waals surface area contributed by atoms with Gasteiger partial charge in [0.1, 0.15) is 17.3 Å². The number of carbonyl (C=O) groups is 2. The number of aromatic nitrogens is 1. The second-order valence-electron chi connectivity index (χ2n) is 4.85. The number of nitrogens with one attached hydrogen (secondary N) is 2. The minimum Gasteiger partial charge on any atom is -0.325 e. The third-order valence-corrected chi connectivity index (χ3v) is 4.42. The van der Waals surface area contributed by atoms with Gasteiger partial charge in [0.25, 0.3) is 0 Å². The molecule has 1 heterocycles. The number of nitrogens with zero attached hydrogens (tertiary/aromatic N) is 1. The summed E-state index contributed by atoms with van der Waals surface area (Å²) in [7, 11) is -3.91. The quantitative estimate of drug-likeness (QED) is 0.808. The number of anilines is 2. The molecule has 0 aliphatic heterocycles. The molecule has 0 saturated carbocycles. The summed E-state index contributed by atoms with van der Waals surface area (Å²) in [5.74, 6) is -2.86. The van der Waals surface area contributed by atoms with Gasteiger partial charge in [0.05, 0.1) is 0 Å². The molecule has 2 N–H and O–H groups in total. The van der Waals surface area contributed by atoms with E-state index in [1.54, 1.807) is 36.4 Å². The second kappa shape index (κ2) is 7.89. The Morgan fingerprint density at radius 1 is 0.958 bits per heavy atom. The van der Waals surface area contributed by atoms with Crippen LogP contribution in [0.3, 0.4) is 0 Å². The molecule has 0 saturated heterocycles. The number of hydrogen-bond acceptors (Lipinski definition) is 5. The molecule has 7 nitrogen and oxygen atoms in total. The molecule has 0 bridgehead atoms. The van der Waals surface area contributed by atoms with Crippen LogP contribution < -0.4 is 10.6 Å². The van der Waals surface area contributed by atoms with Crippen molar-refractivity contribution in [1.29, 1.82) is 0 Å². The fourth-order valence-corrected chi connectivity index (χ4v) is 2.97. The molecule has 0 aliphatic carbocycles. The molecule has 1 aromatic heterocycles. The molecular formula is C15H14ClN3O4S. The van der Waals surface area contributed by atoms with E-state index in [4.69, 9.17) is 11.6 Å². The highest BCUT2D eigenvalue weighted by Gasteiger charge is 2.21. The minimum absolute atomic E-state index is 0.239. The zero-order valence-corrected chi connectivity index (χ0v) is 14.0. The van der Waals surface area contributed by atoms with E-state index in [-0.39, 0.29) is 5.82 Å². The van der Waals surface area contributed by atoms with E-state index in [1.165, 1.54) is 12.3 Å². The molecule has 0 unspecified atom stereocenters. The van der Waals surface area contributed by atoms with Crippen LogP contribution >= 0.6 is 11.6 Å². The van der Waals surface area contributed by atoms with Crippen molar-refractivity contribution in [3.8, 4) is 0 Å². The standard InChI is InChI=1S/C15H14ClN3O4S/c16-11-4-6-12(7-5-11)18-14(20)9-24(22,23)10-15(21)19-13-3-1-2-8-17-13/h1-8H,9-10H2,(H,18,20)(H,17,19,21). The lowest BCUT2D eigenvalue weighted by atomic mass is 10.3. The molecule has 2 rings (SSSR count). The van der Waals surface area contributed by atoms with E-state index < -0.39 is 33.2 Å². The zero-order chi connectivity index (χ0) is 17.6. The number of rotatable bonds is 6. The smallest absolute Gasteiger partial charge is 0.240 e. The van der Waals surface area contributed by atoms with Crippen molar-refractivity contribution in [2.75, 3.05) is 22.1 Å². The lowest BCUT2D eigenvalue weighted by Gasteiger charge is -2.07. The van der Waals surface area contributed by atoms with Crippen molar-refractivity contribution < 1.29 is 18.0 Å². The topological polar surface area (TPSA) is 105 Å². The third-order valence-electron chi connectivity index (χ3n) is 2.76. The average molecular weight is 368 g/mol. The summed E-state index contributed by atoms with van der Waals surface area (Å²) in [4.78, 5) is 27.4. The molecule has 2 aromatic rings. The second-order valence-corrected chi connectivity index (χ2v) is 7.35. The lowest BCUT2D eigenvalue weighted by Crippen LogP contribution is -2.30. The fraction of sp³-hybridized carbons (Fsp3) is 0.133. The van der Waals surface area contributed by atoms with Gasteiger partial charge in [-0.05, 0) is 36.4 Å². The number of pyridine rings is 1. The Kier molecular flexibility index (Phi) is 5.88. The fourth-order valence-electron chi connectivity index (χ4n) is 1.80. The van der Waals surface area contributed by atoms with Crippen molar-refractivity contribution >= 4 is 44.8 Å². The van der Waals surface area contributed by atoms with Crippen LogP contribution in [0, 0.1) is 0 Å². The molecule has 0 fully saturated rings. The maximum atomic E-state index is 11.9. The summed E-state index contributed by atoms with van der Waals surface area (Å²) in [6.07, 6.45) is 1.46. The number of benzene rings is 1. The number of sulfone groups is 1. The Morgan fingerprint density at radius 3 is 2.17 bits per heavy atom. The molecule has 0 radical (unpaired) electrons. The van der Waals surface area contributed by atoms with Gasteiger partial charge in [0, 0.05) is 16.9 Å². The number of carbonyl (C=O) groups excluding carboxylic acids is 2. The van der Waals surface area contributed by atoms with Crippen LogP contribution in [0.5, 0.6) is 0 Å². The van der Waals surface area contributed by atoms with Crippen molar-refractivity contribution in [1.82, 2.24) is 4.98 Å². The van der Waals surface area contributed by atoms with E-state index in [9.17, 15) is 18.0 Å². The third kappa shape index (κ3) is 5.98. The van der Waals surface area contributed by atoms with Crippen LogP contribution in [0.4, 0.5) is 11.5 Å². The van der Waals surface area contributed by atoms with Crippen molar-refractivity contribution in [2.45, 2.75) is 0 Å². The first kappa shape index (κ1) is 17.9. The Balaban J connectivity index is 1.89. The molecule has 9 heteroatoms. The van der Waals surface area contributed by atoms with E-state index in [2.05, 4.69) is 15.6 Å². The zero-order valence-electron chi connectivity index (χ0n) is 12.4. The minimum atomic E-state index is -3.91. The van der Waals surface area contributed by atoms with Gasteiger partial charge in [-0.25, -0.2) is 13.4 Å². The van der Waals surface area contributed by atoms with Gasteiger partial charge >= 0.3 is 0 Å². The van der Waals surface area contributed by atoms with Crippen LogP contribution in [-0.2, 0) is 19.4 Å². The highest BCUT2D eigenvalue weighted by molar-refractivity contribution is 7.92. The Labute approximate surface area is 144 Å². The molecule has 24 heavy (non-hydrogen) atoms. The lowest BCUT2D eigenvalue weighted by molar-refractivity contribution is -0.114. The monoisotopic (exact) mass is 367 g/mol. The van der Waals surface area contributed by atoms with E-state index in [0.717, 1.165) is 0 Å². The van der Waals surface area contributed by atoms with Gasteiger partial charge in [-0.1, -0.05) is 17.7 Å². The Hall–Kier alpha value is -2.45. The first-order chi connectivity index (χ1) is 11.3. The van der Waals surface area contributed by atoms with Crippen LogP contribution in [0.25, 0.3) is 0 Å². The van der Waals surface area contributed by atoms with E-state index in [0.29, 0.717) is 10.7 Å². The first-order valence-electron chi connectivity index (χ1n) is 6.81. The van der Waals surface area contributed by atoms with E-state index in [1.807, 2.05) is 0 Å². The van der Waals surface area contributed by atoms with Gasteiger partial charge in [0.2, 0.25) is 11.8 Å². The number of halogens is 1. The van der Waals surface area contributed by atoms with Gasteiger partial charge in [0.15, 0.2) is 9.84 Å². The predicted octanol–water partition coefficient (Wildman–Crippen LogP) is 1.73. The first-order valence-corrected chi connectivity index (χ1v) is 9.01. The summed E-state index contributed by atoms with van der Waals surface area (Å²) in [6, 6.07) is 11.0. The SMILES string of the molecule is O=C(CS(=O)(=O)CC(=O)Nc1ccccn1)Nc1ccc(Cl)cc1. The van der Waals surface area contributed by atoms with Crippen LogP contribution in [0.2, 0.25) is 5.02 Å². The summed E-state index contributed by atoms with van der Waals surface area (Å²) in [6.45, 7) is 0. The molecule has 1 aromatic carbocycles. The van der Waals surface area contributed by atoms with E-state index >= 15 is 0 Å². The van der Waals surface area contributed by atoms with Crippen molar-refractivity contribution in [3.63, 3.8) is 0 Å². The van der Waals surface area contributed by atoms with Crippen molar-refractivity contribution in [3.05, 3.63) is 53.7 Å². The summed E-state index contributed by atoms with van der Waals surface area (Å²) in [5, 5.41) is 5.27. The highest BCUT2D eigenvalue weighted by atomic mass is 35.5. The van der Waals surface area contributed by atoms with Crippen LogP contribution in [0.1, 0.15) is 0 Å².